The van der Waals surface area contributed by atoms with Crippen LogP contribution in [-0.4, -0.2) is 30.2 Å². The second kappa shape index (κ2) is 6.70. The fourth-order valence-corrected chi connectivity index (χ4v) is 1.28. The van der Waals surface area contributed by atoms with E-state index in [0.29, 0.717) is 12.1 Å². The molecule has 0 aromatic heterocycles. The number of aliphatic hydroxyl groups excluding tert-OH is 1. The smallest absolute Gasteiger partial charge is 0.251 e. The molecule has 0 aliphatic heterocycles. The van der Waals surface area contributed by atoms with Gasteiger partial charge in [-0.3, -0.25) is 4.79 Å². The van der Waals surface area contributed by atoms with Gasteiger partial charge in [0.25, 0.3) is 5.91 Å². The second-order valence-electron chi connectivity index (χ2n) is 3.80. The molecular weight excluding hydrogens is 216 g/mol. The van der Waals surface area contributed by atoms with E-state index in [-0.39, 0.29) is 18.6 Å². The van der Waals surface area contributed by atoms with Crippen molar-refractivity contribution in [2.45, 2.75) is 13.0 Å². The van der Waals surface area contributed by atoms with Crippen LogP contribution in [0.15, 0.2) is 36.9 Å². The Kier molecular flexibility index (Phi) is 5.23. The third kappa shape index (κ3) is 4.28. The third-order valence-electron chi connectivity index (χ3n) is 2.25. The Balaban J connectivity index is 2.60. The summed E-state index contributed by atoms with van der Waals surface area (Å²) < 4.78 is 0. The fourth-order valence-electron chi connectivity index (χ4n) is 1.28. The lowest BCUT2D eigenvalue weighted by Gasteiger charge is -2.11. The summed E-state index contributed by atoms with van der Waals surface area (Å²) in [4.78, 5) is 11.7. The van der Waals surface area contributed by atoms with Crippen molar-refractivity contribution < 1.29 is 9.90 Å². The van der Waals surface area contributed by atoms with Crippen LogP contribution in [0.4, 0.5) is 5.69 Å². The molecule has 0 saturated carbocycles. The zero-order valence-corrected chi connectivity index (χ0v) is 9.94. The van der Waals surface area contributed by atoms with E-state index in [9.17, 15) is 4.79 Å². The molecule has 1 unspecified atom stereocenters. The highest BCUT2D eigenvalue weighted by atomic mass is 16.3. The second-order valence-corrected chi connectivity index (χ2v) is 3.80. The molecule has 0 fully saturated rings. The summed E-state index contributed by atoms with van der Waals surface area (Å²) in [6.45, 7) is 5.98. The van der Waals surface area contributed by atoms with Crippen LogP contribution in [0.25, 0.3) is 0 Å². The molecule has 4 heteroatoms. The van der Waals surface area contributed by atoms with Gasteiger partial charge in [-0.1, -0.05) is 6.08 Å². The zero-order chi connectivity index (χ0) is 12.7. The molecule has 0 aliphatic carbocycles. The Hall–Kier alpha value is -1.81. The molecule has 0 heterocycles. The summed E-state index contributed by atoms with van der Waals surface area (Å²) in [5, 5.41) is 14.6. The molecule has 1 aromatic carbocycles. The summed E-state index contributed by atoms with van der Waals surface area (Å²) in [5.41, 5.74) is 1.52. The van der Waals surface area contributed by atoms with Gasteiger partial charge in [0.05, 0.1) is 6.61 Å². The van der Waals surface area contributed by atoms with E-state index in [1.165, 1.54) is 0 Å². The van der Waals surface area contributed by atoms with E-state index < -0.39 is 0 Å². The minimum Gasteiger partial charge on any atom is -0.394 e. The topological polar surface area (TPSA) is 61.4 Å². The summed E-state index contributed by atoms with van der Waals surface area (Å²) in [7, 11) is 0. The van der Waals surface area contributed by atoms with E-state index in [1.807, 2.05) is 12.1 Å². The van der Waals surface area contributed by atoms with Crippen LogP contribution in [-0.2, 0) is 0 Å². The number of rotatable bonds is 6. The van der Waals surface area contributed by atoms with Gasteiger partial charge in [0.2, 0.25) is 0 Å². The van der Waals surface area contributed by atoms with Crippen molar-refractivity contribution in [2.24, 2.45) is 0 Å². The number of hydrogen-bond acceptors (Lipinski definition) is 3. The van der Waals surface area contributed by atoms with E-state index in [4.69, 9.17) is 5.11 Å². The van der Waals surface area contributed by atoms with Crippen molar-refractivity contribution in [1.29, 1.82) is 0 Å². The number of hydrogen-bond donors (Lipinski definition) is 3. The lowest BCUT2D eigenvalue weighted by molar-refractivity contribution is 0.0922. The van der Waals surface area contributed by atoms with Crippen LogP contribution in [0.2, 0.25) is 0 Å². The molecule has 0 bridgehead atoms. The van der Waals surface area contributed by atoms with Gasteiger partial charge >= 0.3 is 0 Å². The Bertz CT molecular complexity index is 374. The van der Waals surface area contributed by atoms with Crippen LogP contribution < -0.4 is 10.6 Å². The Morgan fingerprint density at radius 3 is 2.65 bits per heavy atom. The Labute approximate surface area is 101 Å². The van der Waals surface area contributed by atoms with Gasteiger partial charge in [0.1, 0.15) is 0 Å². The van der Waals surface area contributed by atoms with Crippen molar-refractivity contribution in [3.63, 3.8) is 0 Å². The fraction of sp³-hybridized carbons (Fsp3) is 0.308. The molecular formula is C13H18N2O2. The highest BCUT2D eigenvalue weighted by molar-refractivity contribution is 5.94. The largest absolute Gasteiger partial charge is 0.394 e. The van der Waals surface area contributed by atoms with Crippen LogP contribution in [0.5, 0.6) is 0 Å². The first-order valence-corrected chi connectivity index (χ1v) is 5.54. The molecule has 0 spiro atoms. The van der Waals surface area contributed by atoms with Gasteiger partial charge in [-0.05, 0) is 31.2 Å². The molecule has 1 rings (SSSR count). The molecule has 0 radical (unpaired) electrons. The first-order valence-electron chi connectivity index (χ1n) is 5.54. The number of benzene rings is 1. The summed E-state index contributed by atoms with van der Waals surface area (Å²) in [5.74, 6) is -0.179. The number of anilines is 1. The molecule has 92 valence electrons. The third-order valence-corrected chi connectivity index (χ3v) is 2.25. The van der Waals surface area contributed by atoms with Gasteiger partial charge in [0.15, 0.2) is 0 Å². The maximum absolute atomic E-state index is 11.7. The van der Waals surface area contributed by atoms with Crippen molar-refractivity contribution in [3.8, 4) is 0 Å². The number of aliphatic hydroxyl groups is 1. The van der Waals surface area contributed by atoms with Gasteiger partial charge < -0.3 is 15.7 Å². The molecule has 0 saturated heterocycles. The monoisotopic (exact) mass is 234 g/mol. The van der Waals surface area contributed by atoms with E-state index in [1.54, 1.807) is 25.1 Å². The quantitative estimate of drug-likeness (QED) is 0.652. The van der Waals surface area contributed by atoms with Crippen molar-refractivity contribution in [3.05, 3.63) is 42.5 Å². The summed E-state index contributed by atoms with van der Waals surface area (Å²) in [6.07, 6.45) is 1.77. The van der Waals surface area contributed by atoms with Crippen molar-refractivity contribution in [2.75, 3.05) is 18.5 Å². The standard InChI is InChI=1S/C13H18N2O2/c1-3-8-14-12-6-4-11(5-7-12)13(17)15-10(2)9-16/h3-7,10,14,16H,1,8-9H2,2H3,(H,15,17). The van der Waals surface area contributed by atoms with Crippen LogP contribution in [0.1, 0.15) is 17.3 Å². The molecule has 0 aliphatic rings. The summed E-state index contributed by atoms with van der Waals surface area (Å²) in [6, 6.07) is 6.92. The first-order chi connectivity index (χ1) is 8.17. The van der Waals surface area contributed by atoms with Gasteiger partial charge in [-0.25, -0.2) is 0 Å². The minimum absolute atomic E-state index is 0.0648. The Morgan fingerprint density at radius 2 is 2.12 bits per heavy atom. The average Bonchev–Trinajstić information content (AvgIpc) is 2.36. The van der Waals surface area contributed by atoms with Crippen LogP contribution >= 0.6 is 0 Å². The zero-order valence-electron chi connectivity index (χ0n) is 9.94. The highest BCUT2D eigenvalue weighted by Crippen LogP contribution is 2.09. The van der Waals surface area contributed by atoms with Gasteiger partial charge in [-0.2, -0.15) is 0 Å². The van der Waals surface area contributed by atoms with Crippen LogP contribution in [0, 0.1) is 0 Å². The number of nitrogens with one attached hydrogen (secondary N) is 2. The summed E-state index contributed by atoms with van der Waals surface area (Å²) >= 11 is 0. The maximum Gasteiger partial charge on any atom is 0.251 e. The molecule has 17 heavy (non-hydrogen) atoms. The minimum atomic E-state index is -0.235. The van der Waals surface area contributed by atoms with E-state index in [2.05, 4.69) is 17.2 Å². The predicted molar refractivity (Wildman–Crippen MR) is 69.1 cm³/mol. The lowest BCUT2D eigenvalue weighted by atomic mass is 10.2. The van der Waals surface area contributed by atoms with E-state index in [0.717, 1.165) is 5.69 Å². The first kappa shape index (κ1) is 13.3. The van der Waals surface area contributed by atoms with Gasteiger partial charge in [-0.15, -0.1) is 6.58 Å². The normalized spacial score (nSPS) is 11.6. The number of amides is 1. The average molecular weight is 234 g/mol. The highest BCUT2D eigenvalue weighted by Gasteiger charge is 2.08. The SMILES string of the molecule is C=CCNc1ccc(C(=O)NC(C)CO)cc1. The molecule has 4 nitrogen and oxygen atoms in total. The van der Waals surface area contributed by atoms with Crippen molar-refractivity contribution in [1.82, 2.24) is 5.32 Å². The Morgan fingerprint density at radius 1 is 1.47 bits per heavy atom. The van der Waals surface area contributed by atoms with Crippen molar-refractivity contribution >= 4 is 11.6 Å². The number of carbonyl (C=O) groups excluding carboxylic acids is 1. The predicted octanol–water partition coefficient (Wildman–Crippen LogP) is 1.40. The van der Waals surface area contributed by atoms with Gasteiger partial charge in [0, 0.05) is 23.8 Å². The molecule has 3 N–H and O–H groups in total. The van der Waals surface area contributed by atoms with E-state index >= 15 is 0 Å². The number of carbonyl (C=O) groups is 1. The molecule has 1 aromatic rings. The maximum atomic E-state index is 11.7. The molecule has 1 atom stereocenters. The molecule has 1 amide bonds. The van der Waals surface area contributed by atoms with Crippen LogP contribution in [0.3, 0.4) is 0 Å². The lowest BCUT2D eigenvalue weighted by Crippen LogP contribution is -2.34.